The third-order valence-corrected chi connectivity index (χ3v) is 6.81. The minimum Gasteiger partial charge on any atom is -0.480 e. The van der Waals surface area contributed by atoms with Crippen LogP contribution in [0.3, 0.4) is 0 Å². The molecule has 0 radical (unpaired) electrons. The molecular weight excluding hydrogens is 414 g/mol. The number of aryl methyl sites for hydroxylation is 2. The normalized spacial score (nSPS) is 19.3. The third kappa shape index (κ3) is 5.92. The maximum Gasteiger partial charge on any atom is 0.325 e. The molecular formula is C27H37N3O3. The molecule has 0 saturated carbocycles. The average molecular weight is 452 g/mol. The number of unbranched alkanes of at least 4 members (excludes halogenated alkanes) is 1. The van der Waals surface area contributed by atoms with Gasteiger partial charge in [-0.05, 0) is 67.7 Å². The zero-order chi connectivity index (χ0) is 23.2. The lowest BCUT2D eigenvalue weighted by Gasteiger charge is -2.27. The molecule has 1 fully saturated rings. The Bertz CT molecular complexity index is 946. The maximum absolute atomic E-state index is 12.2. The number of aliphatic carboxylic acids is 1. The molecule has 1 aromatic carbocycles. The lowest BCUT2D eigenvalue weighted by molar-refractivity contribution is -0.143. The zero-order valence-electron chi connectivity index (χ0n) is 19.9. The molecule has 0 bridgehead atoms. The van der Waals surface area contributed by atoms with Gasteiger partial charge in [-0.25, -0.2) is 0 Å². The summed E-state index contributed by atoms with van der Waals surface area (Å²) in [6, 6.07) is 11.6. The molecule has 3 heterocycles. The summed E-state index contributed by atoms with van der Waals surface area (Å²) in [5.41, 5.74) is 5.58. The van der Waals surface area contributed by atoms with Crippen molar-refractivity contribution in [3.63, 3.8) is 0 Å². The zero-order valence-corrected chi connectivity index (χ0v) is 19.9. The summed E-state index contributed by atoms with van der Waals surface area (Å²) in [4.78, 5) is 19.1. The fraction of sp³-hybridized carbons (Fsp3) is 0.556. The standard InChI is InChI=1S/C27H37N3O3/c1-19(2)22-9-3-4-10-23(22)26(27(31)32)30-16-14-21(18-30)33-17-6-5-8-20-12-13-24-25(29-20)11-7-15-28-24/h3-4,9-10,12-13,19,21,26,28H,5-8,11,14-18H2,1-2H3,(H,31,32)/t21-,26?/m1/s1. The van der Waals surface area contributed by atoms with Crippen LogP contribution in [0.25, 0.3) is 0 Å². The summed E-state index contributed by atoms with van der Waals surface area (Å²) in [6.45, 7) is 7.41. The largest absolute Gasteiger partial charge is 0.480 e. The second-order valence-electron chi connectivity index (χ2n) is 9.59. The Morgan fingerprint density at radius 1 is 1.21 bits per heavy atom. The van der Waals surface area contributed by atoms with Gasteiger partial charge in [0.1, 0.15) is 6.04 Å². The first-order valence-corrected chi connectivity index (χ1v) is 12.4. The minimum atomic E-state index is -0.781. The Balaban J connectivity index is 1.24. The van der Waals surface area contributed by atoms with Crippen molar-refractivity contribution in [3.8, 4) is 0 Å². The molecule has 0 spiro atoms. The van der Waals surface area contributed by atoms with E-state index in [2.05, 4.69) is 36.2 Å². The fourth-order valence-electron chi connectivity index (χ4n) is 5.07. The number of benzene rings is 1. The molecule has 178 valence electrons. The van der Waals surface area contributed by atoms with Crippen LogP contribution in [-0.4, -0.2) is 53.3 Å². The van der Waals surface area contributed by atoms with Crippen molar-refractivity contribution in [1.29, 1.82) is 0 Å². The predicted molar refractivity (Wildman–Crippen MR) is 131 cm³/mol. The Hall–Kier alpha value is -2.44. The van der Waals surface area contributed by atoms with Gasteiger partial charge in [0.25, 0.3) is 0 Å². The van der Waals surface area contributed by atoms with Gasteiger partial charge < -0.3 is 15.2 Å². The van der Waals surface area contributed by atoms with Crippen molar-refractivity contribution in [3.05, 3.63) is 58.9 Å². The number of anilines is 1. The molecule has 1 unspecified atom stereocenters. The monoisotopic (exact) mass is 451 g/mol. The van der Waals surface area contributed by atoms with Gasteiger partial charge >= 0.3 is 5.97 Å². The van der Waals surface area contributed by atoms with Crippen molar-refractivity contribution < 1.29 is 14.6 Å². The summed E-state index contributed by atoms with van der Waals surface area (Å²) in [5, 5.41) is 13.4. The van der Waals surface area contributed by atoms with Gasteiger partial charge in [0, 0.05) is 31.9 Å². The highest BCUT2D eigenvalue weighted by Crippen LogP contribution is 2.32. The van der Waals surface area contributed by atoms with Crippen LogP contribution in [0.4, 0.5) is 5.69 Å². The number of hydrogen-bond donors (Lipinski definition) is 2. The van der Waals surface area contributed by atoms with Gasteiger partial charge in [0.2, 0.25) is 0 Å². The molecule has 1 saturated heterocycles. The van der Waals surface area contributed by atoms with Crippen molar-refractivity contribution in [1.82, 2.24) is 9.88 Å². The number of fused-ring (bicyclic) bond motifs is 1. The molecule has 0 amide bonds. The molecule has 1 aromatic heterocycles. The fourth-order valence-corrected chi connectivity index (χ4v) is 5.07. The van der Waals surface area contributed by atoms with E-state index in [4.69, 9.17) is 9.72 Å². The van der Waals surface area contributed by atoms with E-state index < -0.39 is 12.0 Å². The van der Waals surface area contributed by atoms with Crippen LogP contribution < -0.4 is 5.32 Å². The van der Waals surface area contributed by atoms with E-state index in [1.807, 2.05) is 24.3 Å². The van der Waals surface area contributed by atoms with E-state index in [-0.39, 0.29) is 6.10 Å². The summed E-state index contributed by atoms with van der Waals surface area (Å²) >= 11 is 0. The summed E-state index contributed by atoms with van der Waals surface area (Å²) in [6.07, 6.45) is 6.22. The highest BCUT2D eigenvalue weighted by Gasteiger charge is 2.35. The number of hydrogen-bond acceptors (Lipinski definition) is 5. The van der Waals surface area contributed by atoms with Gasteiger partial charge in [0.05, 0.1) is 17.5 Å². The van der Waals surface area contributed by atoms with E-state index in [0.29, 0.717) is 19.1 Å². The number of rotatable bonds is 10. The van der Waals surface area contributed by atoms with Crippen LogP contribution in [0.5, 0.6) is 0 Å². The Morgan fingerprint density at radius 2 is 2.03 bits per heavy atom. The Labute approximate surface area is 197 Å². The summed E-state index contributed by atoms with van der Waals surface area (Å²) in [7, 11) is 0. The minimum absolute atomic E-state index is 0.103. The molecule has 6 heteroatoms. The maximum atomic E-state index is 12.2. The number of carbonyl (C=O) groups is 1. The number of likely N-dealkylation sites (tertiary alicyclic amines) is 1. The van der Waals surface area contributed by atoms with Crippen LogP contribution in [0, 0.1) is 0 Å². The topological polar surface area (TPSA) is 74.7 Å². The lowest BCUT2D eigenvalue weighted by Crippen LogP contribution is -2.34. The second kappa shape index (κ2) is 11.1. The smallest absolute Gasteiger partial charge is 0.325 e. The van der Waals surface area contributed by atoms with E-state index in [1.165, 1.54) is 11.4 Å². The number of ether oxygens (including phenoxy) is 1. The molecule has 2 aliphatic rings. The van der Waals surface area contributed by atoms with Crippen molar-refractivity contribution in [2.24, 2.45) is 0 Å². The molecule has 33 heavy (non-hydrogen) atoms. The van der Waals surface area contributed by atoms with Crippen LogP contribution >= 0.6 is 0 Å². The number of aromatic nitrogens is 1. The van der Waals surface area contributed by atoms with Crippen LogP contribution in [-0.2, 0) is 22.4 Å². The van der Waals surface area contributed by atoms with Gasteiger partial charge in [-0.1, -0.05) is 38.1 Å². The highest BCUT2D eigenvalue weighted by atomic mass is 16.5. The molecule has 4 rings (SSSR count). The second-order valence-corrected chi connectivity index (χ2v) is 9.59. The predicted octanol–water partition coefficient (Wildman–Crippen LogP) is 4.80. The first-order valence-electron chi connectivity index (χ1n) is 12.4. The SMILES string of the molecule is CC(C)c1ccccc1C(C(=O)O)N1CC[C@@H](OCCCCc2ccc3c(n2)CCCN3)C1. The van der Waals surface area contributed by atoms with E-state index in [9.17, 15) is 9.90 Å². The molecule has 2 aromatic rings. The van der Waals surface area contributed by atoms with Crippen molar-refractivity contribution >= 4 is 11.7 Å². The molecule has 6 nitrogen and oxygen atoms in total. The summed E-state index contributed by atoms with van der Waals surface area (Å²) < 4.78 is 6.14. The third-order valence-electron chi connectivity index (χ3n) is 6.81. The van der Waals surface area contributed by atoms with Gasteiger partial charge in [-0.2, -0.15) is 0 Å². The molecule has 2 aliphatic heterocycles. The van der Waals surface area contributed by atoms with Gasteiger partial charge in [-0.15, -0.1) is 0 Å². The first-order chi connectivity index (χ1) is 16.0. The molecule has 2 N–H and O–H groups in total. The van der Waals surface area contributed by atoms with E-state index >= 15 is 0 Å². The number of pyridine rings is 1. The van der Waals surface area contributed by atoms with Crippen LogP contribution in [0.1, 0.15) is 74.0 Å². The van der Waals surface area contributed by atoms with Crippen molar-refractivity contribution in [2.45, 2.75) is 70.4 Å². The Morgan fingerprint density at radius 3 is 2.82 bits per heavy atom. The van der Waals surface area contributed by atoms with E-state index in [0.717, 1.165) is 68.4 Å². The Kier molecular flexibility index (Phi) is 7.99. The molecule has 2 atom stereocenters. The van der Waals surface area contributed by atoms with Gasteiger partial charge in [0.15, 0.2) is 0 Å². The number of carboxylic acids is 1. The number of nitrogens with zero attached hydrogens (tertiary/aromatic N) is 2. The summed E-state index contributed by atoms with van der Waals surface area (Å²) in [5.74, 6) is -0.491. The van der Waals surface area contributed by atoms with Crippen LogP contribution in [0.15, 0.2) is 36.4 Å². The van der Waals surface area contributed by atoms with Crippen LogP contribution in [0.2, 0.25) is 0 Å². The highest BCUT2D eigenvalue weighted by molar-refractivity contribution is 5.76. The van der Waals surface area contributed by atoms with Crippen molar-refractivity contribution in [2.75, 3.05) is 31.6 Å². The number of nitrogens with one attached hydrogen (secondary N) is 1. The number of carboxylic acid groups (broad SMARTS) is 1. The lowest BCUT2D eigenvalue weighted by atomic mass is 9.92. The van der Waals surface area contributed by atoms with Gasteiger partial charge in [-0.3, -0.25) is 14.7 Å². The average Bonchev–Trinajstić information content (AvgIpc) is 3.27. The molecule has 0 aliphatic carbocycles. The first kappa shape index (κ1) is 23.7. The van der Waals surface area contributed by atoms with E-state index in [1.54, 1.807) is 0 Å². The quantitative estimate of drug-likeness (QED) is 0.505.